The number of rotatable bonds is 16. The Bertz CT molecular complexity index is 1610. The summed E-state index contributed by atoms with van der Waals surface area (Å²) in [6.45, 7) is 0.244. The summed E-state index contributed by atoms with van der Waals surface area (Å²) in [4.78, 5) is 60.0. The van der Waals surface area contributed by atoms with Gasteiger partial charge < -0.3 is 90.3 Å². The van der Waals surface area contributed by atoms with Crippen molar-refractivity contribution in [1.29, 1.82) is 0 Å². The molecule has 4 rings (SSSR count). The third-order valence-corrected chi connectivity index (χ3v) is 9.55. The summed E-state index contributed by atoms with van der Waals surface area (Å²) in [5, 5.41) is 113. The lowest BCUT2D eigenvalue weighted by molar-refractivity contribution is -0.384. The summed E-state index contributed by atoms with van der Waals surface area (Å²) in [7, 11) is 0. The van der Waals surface area contributed by atoms with Crippen molar-refractivity contribution >= 4 is 29.4 Å². The fourth-order valence-corrected chi connectivity index (χ4v) is 6.72. The van der Waals surface area contributed by atoms with Crippen LogP contribution in [0.5, 0.6) is 5.75 Å². The van der Waals surface area contributed by atoms with Crippen LogP contribution in [0, 0.1) is 10.1 Å². The molecular formula is C33H48N4O21. The van der Waals surface area contributed by atoms with E-state index >= 15 is 0 Å². The van der Waals surface area contributed by atoms with Gasteiger partial charge in [0.2, 0.25) is 24.0 Å². The number of nitrogens with zero attached hydrogens (tertiary/aromatic N) is 1. The zero-order valence-electron chi connectivity index (χ0n) is 31.2. The van der Waals surface area contributed by atoms with Crippen molar-refractivity contribution < 1.29 is 98.5 Å². The van der Waals surface area contributed by atoms with Gasteiger partial charge in [0.25, 0.3) is 11.5 Å². The number of carboxylic acid groups (broad SMARTS) is 1. The maximum Gasteiger partial charge on any atom is 0.364 e. The van der Waals surface area contributed by atoms with Crippen molar-refractivity contribution in [2.24, 2.45) is 0 Å². The maximum atomic E-state index is 12.8. The van der Waals surface area contributed by atoms with Gasteiger partial charge in [-0.2, -0.15) is 0 Å². The smallest absolute Gasteiger partial charge is 0.364 e. The van der Waals surface area contributed by atoms with Crippen molar-refractivity contribution in [3.05, 3.63) is 34.4 Å². The Morgan fingerprint density at radius 3 is 1.97 bits per heavy atom. The predicted octanol–water partition coefficient (Wildman–Crippen LogP) is -5.94. The van der Waals surface area contributed by atoms with Gasteiger partial charge >= 0.3 is 5.97 Å². The number of amides is 3. The number of non-ortho nitro benzene ring substituents is 1. The first-order valence-electron chi connectivity index (χ1n) is 17.8. The standard InChI is InChI=1S/C33H48N4O21/c1-12(40)34-21-17(43)8-33(32(49)50,58-29(21)24(45)18(44)9-38)53-11-20-26(47)28(57-30-22(35-13(2)41)27(48)25(46)19(10-39)55-30)23(36-14(3)42)31(56-20)54-16-6-4-15(5-7-16)37(51)52/h4-7,17-31,38-39,43-48H,8-11H2,1-3H3,(H,34,40)(H,35,41)(H,36,42)(H,49,50)/t17-,18-,19?,20?,21-,22+,23+,24-,25-,26+,27?,28?,29?,30+,31+,33-/m0/s1. The summed E-state index contributed by atoms with van der Waals surface area (Å²) in [5.41, 5.74) is -0.333. The molecule has 5 unspecified atom stereocenters. The van der Waals surface area contributed by atoms with Gasteiger partial charge in [0.1, 0.15) is 72.8 Å². The molecule has 3 aliphatic heterocycles. The number of hydrogen-bond acceptors (Lipinski definition) is 20. The van der Waals surface area contributed by atoms with E-state index < -0.39 is 152 Å². The molecule has 1 aromatic carbocycles. The average molecular weight is 837 g/mol. The number of aliphatic carboxylic acids is 1. The Hall–Kier alpha value is -4.22. The highest BCUT2D eigenvalue weighted by Gasteiger charge is 2.58. The summed E-state index contributed by atoms with van der Waals surface area (Å²) in [6.07, 6.45) is -23.0. The van der Waals surface area contributed by atoms with Crippen LogP contribution in [0.1, 0.15) is 27.2 Å². The summed E-state index contributed by atoms with van der Waals surface area (Å²) in [6, 6.07) is -0.230. The van der Waals surface area contributed by atoms with Crippen LogP contribution in [0.25, 0.3) is 0 Å². The molecule has 0 aliphatic carbocycles. The number of carbonyl (C=O) groups is 4. The topological polar surface area (TPSA) is 385 Å². The monoisotopic (exact) mass is 836 g/mol. The zero-order valence-corrected chi connectivity index (χ0v) is 31.2. The van der Waals surface area contributed by atoms with Crippen LogP contribution in [0.15, 0.2) is 24.3 Å². The van der Waals surface area contributed by atoms with E-state index in [0.717, 1.165) is 45.0 Å². The second kappa shape index (κ2) is 19.7. The summed E-state index contributed by atoms with van der Waals surface area (Å²) in [5.74, 6) is -7.18. The number of nitrogens with one attached hydrogen (secondary N) is 3. The van der Waals surface area contributed by atoms with E-state index in [1.165, 1.54) is 0 Å². The second-order valence-corrected chi connectivity index (χ2v) is 13.9. The Balaban J connectivity index is 1.75. The molecule has 25 nitrogen and oxygen atoms in total. The number of nitro benzene ring substituents is 1. The molecule has 3 saturated heterocycles. The largest absolute Gasteiger partial charge is 0.477 e. The minimum absolute atomic E-state index is 0.103. The number of carboxylic acids is 1. The van der Waals surface area contributed by atoms with Gasteiger partial charge in [0, 0.05) is 39.3 Å². The average Bonchev–Trinajstić information content (AvgIpc) is 3.16. The van der Waals surface area contributed by atoms with Gasteiger partial charge in [-0.05, 0) is 12.1 Å². The molecule has 0 aromatic heterocycles. The van der Waals surface area contributed by atoms with E-state index in [-0.39, 0.29) is 11.4 Å². The highest BCUT2D eigenvalue weighted by molar-refractivity contribution is 5.77. The molecule has 3 amide bonds. The van der Waals surface area contributed by atoms with Crippen LogP contribution in [-0.4, -0.2) is 192 Å². The molecule has 326 valence electrons. The molecule has 25 heteroatoms. The van der Waals surface area contributed by atoms with Crippen molar-refractivity contribution in [2.75, 3.05) is 19.8 Å². The van der Waals surface area contributed by atoms with Crippen LogP contribution in [0.3, 0.4) is 0 Å². The first kappa shape index (κ1) is 46.5. The zero-order chi connectivity index (χ0) is 43.2. The van der Waals surface area contributed by atoms with Gasteiger partial charge in [-0.3, -0.25) is 24.5 Å². The number of aliphatic hydroxyl groups excluding tert-OH is 8. The number of aliphatic hydroxyl groups is 8. The minimum Gasteiger partial charge on any atom is -0.477 e. The molecule has 16 atom stereocenters. The van der Waals surface area contributed by atoms with Gasteiger partial charge in [-0.25, -0.2) is 4.79 Å². The normalized spacial score (nSPS) is 36.2. The lowest BCUT2D eigenvalue weighted by atomic mass is 9.88. The van der Waals surface area contributed by atoms with Gasteiger partial charge in [-0.15, -0.1) is 0 Å². The molecule has 58 heavy (non-hydrogen) atoms. The number of carbonyl (C=O) groups excluding carboxylic acids is 3. The molecule has 12 N–H and O–H groups in total. The lowest BCUT2D eigenvalue weighted by Gasteiger charge is -2.49. The second-order valence-electron chi connectivity index (χ2n) is 13.9. The molecule has 1 aromatic rings. The Labute approximate surface area is 328 Å². The maximum absolute atomic E-state index is 12.8. The Kier molecular flexibility index (Phi) is 15.8. The van der Waals surface area contributed by atoms with Gasteiger partial charge in [-0.1, -0.05) is 0 Å². The van der Waals surface area contributed by atoms with E-state index in [2.05, 4.69) is 16.0 Å². The quantitative estimate of drug-likeness (QED) is 0.0545. The van der Waals surface area contributed by atoms with Crippen molar-refractivity contribution in [3.8, 4) is 5.75 Å². The van der Waals surface area contributed by atoms with Crippen LogP contribution >= 0.6 is 0 Å². The summed E-state index contributed by atoms with van der Waals surface area (Å²) < 4.78 is 35.0. The highest BCUT2D eigenvalue weighted by Crippen LogP contribution is 2.36. The van der Waals surface area contributed by atoms with E-state index in [1.807, 2.05) is 0 Å². The third kappa shape index (κ3) is 10.7. The number of ether oxygens (including phenoxy) is 6. The van der Waals surface area contributed by atoms with Crippen LogP contribution < -0.4 is 20.7 Å². The molecule has 0 radical (unpaired) electrons. The number of benzene rings is 1. The minimum atomic E-state index is -2.92. The van der Waals surface area contributed by atoms with Crippen molar-refractivity contribution in [2.45, 2.75) is 125 Å². The van der Waals surface area contributed by atoms with Crippen molar-refractivity contribution in [1.82, 2.24) is 16.0 Å². The summed E-state index contributed by atoms with van der Waals surface area (Å²) >= 11 is 0. The molecular weight excluding hydrogens is 788 g/mol. The third-order valence-electron chi connectivity index (χ3n) is 9.55. The lowest BCUT2D eigenvalue weighted by Crippen LogP contribution is -2.71. The predicted molar refractivity (Wildman–Crippen MR) is 185 cm³/mol. The first-order chi connectivity index (χ1) is 27.2. The highest BCUT2D eigenvalue weighted by atomic mass is 16.8. The van der Waals surface area contributed by atoms with Crippen LogP contribution in [0.4, 0.5) is 5.69 Å². The van der Waals surface area contributed by atoms with Gasteiger partial charge in [0.05, 0.1) is 36.9 Å². The molecule has 3 heterocycles. The van der Waals surface area contributed by atoms with E-state index in [9.17, 15) is 75.3 Å². The molecule has 3 fully saturated rings. The first-order valence-corrected chi connectivity index (χ1v) is 17.8. The van der Waals surface area contributed by atoms with Crippen molar-refractivity contribution in [3.63, 3.8) is 0 Å². The molecule has 3 aliphatic rings. The van der Waals surface area contributed by atoms with E-state index in [1.54, 1.807) is 0 Å². The number of hydrogen-bond donors (Lipinski definition) is 12. The van der Waals surface area contributed by atoms with E-state index in [4.69, 9.17) is 28.4 Å². The van der Waals surface area contributed by atoms with Crippen LogP contribution in [0.2, 0.25) is 0 Å². The molecule has 0 bridgehead atoms. The van der Waals surface area contributed by atoms with E-state index in [0.29, 0.717) is 0 Å². The fraction of sp³-hybridized carbons (Fsp3) is 0.697. The molecule has 0 saturated carbocycles. The van der Waals surface area contributed by atoms with Crippen LogP contribution in [-0.2, 0) is 42.9 Å². The Morgan fingerprint density at radius 1 is 0.862 bits per heavy atom. The Morgan fingerprint density at radius 2 is 1.43 bits per heavy atom. The SMILES string of the molecule is CC(=O)N[C@@H]1C(O)[C@@H](O)C(CO)O[C@@H]1OC1[C@H](O)C(CO[C@@]2(C(=O)O)C[C@H](O)[C@H](NC(C)=O)C([C@@H](O)[C@@H](O)CO)O2)O[C@@H](Oc2ccc([N+](=O)[O-])cc2)[C@@H]1NC(C)=O. The molecule has 0 spiro atoms. The van der Waals surface area contributed by atoms with Gasteiger partial charge in [0.15, 0.2) is 6.29 Å². The number of nitro groups is 1. The fourth-order valence-electron chi connectivity index (χ4n) is 6.72.